The summed E-state index contributed by atoms with van der Waals surface area (Å²) in [5.74, 6) is 0. The lowest BCUT2D eigenvalue weighted by Gasteiger charge is -2.09. The van der Waals surface area contributed by atoms with E-state index < -0.39 is 6.10 Å². The van der Waals surface area contributed by atoms with Gasteiger partial charge in [0, 0.05) is 7.05 Å². The summed E-state index contributed by atoms with van der Waals surface area (Å²) in [6, 6.07) is 0. The van der Waals surface area contributed by atoms with Gasteiger partial charge in [-0.1, -0.05) is 11.8 Å². The summed E-state index contributed by atoms with van der Waals surface area (Å²) in [4.78, 5) is 11.0. The highest BCUT2D eigenvalue weighted by Crippen LogP contribution is 2.26. The van der Waals surface area contributed by atoms with Crippen LogP contribution in [0.4, 0.5) is 0 Å². The van der Waals surface area contributed by atoms with E-state index in [0.717, 1.165) is 0 Å². The van der Waals surface area contributed by atoms with Gasteiger partial charge in [0.05, 0.1) is 24.6 Å². The minimum absolute atomic E-state index is 0.0381. The summed E-state index contributed by atoms with van der Waals surface area (Å²) < 4.78 is 6.50. The molecule has 2 unspecified atom stereocenters. The molecule has 0 saturated carbocycles. The number of rotatable bonds is 2. The first-order valence-corrected chi connectivity index (χ1v) is 5.10. The van der Waals surface area contributed by atoms with E-state index in [9.17, 15) is 9.90 Å². The Kier molecular flexibility index (Phi) is 2.62. The summed E-state index contributed by atoms with van der Waals surface area (Å²) in [6.45, 7) is 0.850. The molecular weight excluding hydrogens is 206 g/mol. The molecule has 0 radical (unpaired) electrons. The van der Waals surface area contributed by atoms with Crippen molar-refractivity contribution in [3.63, 3.8) is 0 Å². The topological polar surface area (TPSA) is 80.1 Å². The van der Waals surface area contributed by atoms with Crippen molar-refractivity contribution in [1.29, 1.82) is 0 Å². The first kappa shape index (κ1) is 9.75. The Hall–Kier alpha value is -0.790. The van der Waals surface area contributed by atoms with E-state index in [0.29, 0.717) is 18.4 Å². The van der Waals surface area contributed by atoms with Gasteiger partial charge in [-0.2, -0.15) is 0 Å². The third-order valence-electron chi connectivity index (χ3n) is 2.10. The average molecular weight is 217 g/mol. The van der Waals surface area contributed by atoms with Crippen molar-refractivity contribution in [2.75, 3.05) is 13.2 Å². The molecule has 0 aliphatic carbocycles. The molecule has 78 valence electrons. The molecular formula is C7H11N3O3S. The number of aromatic amines is 1. The Bertz CT molecular complexity index is 375. The fourth-order valence-electron chi connectivity index (χ4n) is 1.21. The summed E-state index contributed by atoms with van der Waals surface area (Å²) in [5, 5.41) is 16.2. The molecule has 2 heterocycles. The molecule has 2 rings (SSSR count). The van der Waals surface area contributed by atoms with Crippen molar-refractivity contribution >= 4 is 11.8 Å². The average Bonchev–Trinajstić information content (AvgIpc) is 2.68. The van der Waals surface area contributed by atoms with E-state index >= 15 is 0 Å². The molecule has 1 aliphatic heterocycles. The zero-order valence-corrected chi connectivity index (χ0v) is 8.45. The SMILES string of the molecule is Cn1c(SC2COCC2O)n[nH]c1=O. The predicted octanol–water partition coefficient (Wildman–Crippen LogP) is -1.04. The van der Waals surface area contributed by atoms with Crippen molar-refractivity contribution in [3.8, 4) is 0 Å². The first-order chi connectivity index (χ1) is 6.68. The van der Waals surface area contributed by atoms with Crippen LogP contribution in [0.25, 0.3) is 0 Å². The van der Waals surface area contributed by atoms with Gasteiger partial charge in [-0.25, -0.2) is 9.89 Å². The Morgan fingerprint density at radius 2 is 2.50 bits per heavy atom. The molecule has 0 aromatic carbocycles. The molecule has 7 heteroatoms. The van der Waals surface area contributed by atoms with Gasteiger partial charge in [0.2, 0.25) is 0 Å². The summed E-state index contributed by atoms with van der Waals surface area (Å²) in [6.07, 6.45) is -0.480. The number of thioether (sulfide) groups is 1. The van der Waals surface area contributed by atoms with Crippen LogP contribution in [0.5, 0.6) is 0 Å². The smallest absolute Gasteiger partial charge is 0.343 e. The van der Waals surface area contributed by atoms with Gasteiger partial charge >= 0.3 is 5.69 Å². The van der Waals surface area contributed by atoms with Gasteiger partial charge in [-0.15, -0.1) is 5.10 Å². The Morgan fingerprint density at radius 1 is 1.71 bits per heavy atom. The minimum atomic E-state index is -0.480. The molecule has 2 atom stereocenters. The Labute approximate surface area is 84.3 Å². The molecule has 1 fully saturated rings. The second-order valence-corrected chi connectivity index (χ2v) is 4.34. The van der Waals surface area contributed by atoms with Crippen molar-refractivity contribution in [2.45, 2.75) is 16.5 Å². The summed E-state index contributed by atoms with van der Waals surface area (Å²) in [5.41, 5.74) is -0.249. The highest BCUT2D eigenvalue weighted by molar-refractivity contribution is 7.99. The quantitative estimate of drug-likeness (QED) is 0.661. The number of aromatic nitrogens is 3. The zero-order valence-electron chi connectivity index (χ0n) is 7.64. The maximum atomic E-state index is 11.0. The van der Waals surface area contributed by atoms with E-state index in [2.05, 4.69) is 10.2 Å². The number of H-pyrrole nitrogens is 1. The number of aliphatic hydroxyl groups excluding tert-OH is 1. The molecule has 0 spiro atoms. The van der Waals surface area contributed by atoms with E-state index in [1.807, 2.05) is 0 Å². The van der Waals surface area contributed by atoms with Crippen LogP contribution in [0, 0.1) is 0 Å². The van der Waals surface area contributed by atoms with Gasteiger partial charge < -0.3 is 9.84 Å². The number of hydrogen-bond acceptors (Lipinski definition) is 5. The lowest BCUT2D eigenvalue weighted by molar-refractivity contribution is 0.127. The zero-order chi connectivity index (χ0) is 10.1. The Balaban J connectivity index is 2.10. The number of ether oxygens (including phenoxy) is 1. The lowest BCUT2D eigenvalue weighted by Crippen LogP contribution is -2.21. The van der Waals surface area contributed by atoms with Crippen molar-refractivity contribution in [2.24, 2.45) is 7.05 Å². The third kappa shape index (κ3) is 1.70. The third-order valence-corrected chi connectivity index (χ3v) is 3.42. The Morgan fingerprint density at radius 3 is 3.00 bits per heavy atom. The van der Waals surface area contributed by atoms with E-state index in [1.165, 1.54) is 16.3 Å². The van der Waals surface area contributed by atoms with Gasteiger partial charge in [-0.3, -0.25) is 4.57 Å². The molecule has 1 aromatic heterocycles. The maximum absolute atomic E-state index is 11.0. The van der Waals surface area contributed by atoms with E-state index in [1.54, 1.807) is 7.05 Å². The van der Waals surface area contributed by atoms with Crippen LogP contribution in [0.1, 0.15) is 0 Å². The monoisotopic (exact) mass is 217 g/mol. The standard InChI is InChI=1S/C7H11N3O3S/c1-10-6(12)8-9-7(10)14-5-3-13-2-4(5)11/h4-5,11H,2-3H2,1H3,(H,8,12). The second-order valence-electron chi connectivity index (χ2n) is 3.13. The maximum Gasteiger partial charge on any atom is 0.343 e. The number of nitrogens with one attached hydrogen (secondary N) is 1. The van der Waals surface area contributed by atoms with E-state index in [4.69, 9.17) is 4.74 Å². The normalized spacial score (nSPS) is 27.0. The summed E-state index contributed by atoms with van der Waals surface area (Å²) >= 11 is 1.35. The van der Waals surface area contributed by atoms with Crippen LogP contribution in [0.15, 0.2) is 9.95 Å². The van der Waals surface area contributed by atoms with Crippen LogP contribution in [0.2, 0.25) is 0 Å². The number of nitrogens with zero attached hydrogens (tertiary/aromatic N) is 2. The molecule has 0 bridgehead atoms. The largest absolute Gasteiger partial charge is 0.389 e. The van der Waals surface area contributed by atoms with Gasteiger partial charge in [-0.05, 0) is 0 Å². The van der Waals surface area contributed by atoms with Crippen molar-refractivity contribution < 1.29 is 9.84 Å². The van der Waals surface area contributed by atoms with Crippen LogP contribution < -0.4 is 5.69 Å². The fraction of sp³-hybridized carbons (Fsp3) is 0.714. The van der Waals surface area contributed by atoms with Crippen LogP contribution in [-0.4, -0.2) is 44.4 Å². The number of aliphatic hydroxyl groups is 1. The highest BCUT2D eigenvalue weighted by Gasteiger charge is 2.28. The van der Waals surface area contributed by atoms with Crippen LogP contribution in [-0.2, 0) is 11.8 Å². The van der Waals surface area contributed by atoms with Gasteiger partial charge in [0.1, 0.15) is 0 Å². The molecule has 1 aromatic rings. The van der Waals surface area contributed by atoms with E-state index in [-0.39, 0.29) is 10.9 Å². The highest BCUT2D eigenvalue weighted by atomic mass is 32.2. The lowest BCUT2D eigenvalue weighted by atomic mass is 10.3. The van der Waals surface area contributed by atoms with Crippen molar-refractivity contribution in [3.05, 3.63) is 10.5 Å². The first-order valence-electron chi connectivity index (χ1n) is 4.22. The number of hydrogen-bond donors (Lipinski definition) is 2. The fourth-order valence-corrected chi connectivity index (χ4v) is 2.22. The predicted molar refractivity (Wildman–Crippen MR) is 50.3 cm³/mol. The van der Waals surface area contributed by atoms with Crippen molar-refractivity contribution in [1.82, 2.24) is 14.8 Å². The van der Waals surface area contributed by atoms with Crippen LogP contribution >= 0.6 is 11.8 Å². The molecule has 6 nitrogen and oxygen atoms in total. The molecule has 2 N–H and O–H groups in total. The van der Waals surface area contributed by atoms with Gasteiger partial charge in [0.25, 0.3) is 0 Å². The molecule has 0 amide bonds. The minimum Gasteiger partial charge on any atom is -0.389 e. The van der Waals surface area contributed by atoms with Gasteiger partial charge in [0.15, 0.2) is 5.16 Å². The van der Waals surface area contributed by atoms with Crippen LogP contribution in [0.3, 0.4) is 0 Å². The second kappa shape index (κ2) is 3.76. The molecule has 1 saturated heterocycles. The molecule has 14 heavy (non-hydrogen) atoms. The molecule has 1 aliphatic rings. The summed E-state index contributed by atoms with van der Waals surface area (Å²) in [7, 11) is 1.64.